The van der Waals surface area contributed by atoms with Gasteiger partial charge in [-0.25, -0.2) is 15.0 Å². The van der Waals surface area contributed by atoms with Gasteiger partial charge in [-0.1, -0.05) is 18.2 Å². The number of anilines is 1. The number of para-hydroxylation sites is 1. The SMILES string of the molecule is Nc1ncnc2c1ncn2[C@@H]1O[C@H](C(=O)NCCOc2ccccc2)[C@@H](O)[C@H]1O. The van der Waals surface area contributed by atoms with E-state index < -0.39 is 30.4 Å². The van der Waals surface area contributed by atoms with Crippen molar-refractivity contribution in [3.8, 4) is 5.75 Å². The Morgan fingerprint density at radius 2 is 2.00 bits per heavy atom. The highest BCUT2D eigenvalue weighted by Gasteiger charge is 2.47. The largest absolute Gasteiger partial charge is 0.492 e. The van der Waals surface area contributed by atoms with Crippen molar-refractivity contribution in [1.82, 2.24) is 24.8 Å². The smallest absolute Gasteiger partial charge is 0.252 e. The number of amides is 1. The fourth-order valence-corrected chi connectivity index (χ4v) is 3.12. The molecule has 0 aliphatic carbocycles. The van der Waals surface area contributed by atoms with E-state index in [2.05, 4.69) is 20.3 Å². The summed E-state index contributed by atoms with van der Waals surface area (Å²) in [7, 11) is 0. The second-order valence-electron chi connectivity index (χ2n) is 6.46. The van der Waals surface area contributed by atoms with Crippen LogP contribution in [0.5, 0.6) is 5.75 Å². The molecule has 1 fully saturated rings. The molecule has 4 rings (SSSR count). The van der Waals surface area contributed by atoms with Crippen LogP contribution in [0.1, 0.15) is 6.23 Å². The molecule has 3 heterocycles. The molecule has 11 heteroatoms. The van der Waals surface area contributed by atoms with Crippen molar-refractivity contribution in [3.63, 3.8) is 0 Å². The van der Waals surface area contributed by atoms with E-state index in [-0.39, 0.29) is 19.0 Å². The van der Waals surface area contributed by atoms with Crippen LogP contribution in [0.15, 0.2) is 43.0 Å². The molecule has 0 unspecified atom stereocenters. The summed E-state index contributed by atoms with van der Waals surface area (Å²) >= 11 is 0. The molecule has 152 valence electrons. The Hall–Kier alpha value is -3.28. The number of fused-ring (bicyclic) bond motifs is 1. The topological polar surface area (TPSA) is 158 Å². The lowest BCUT2D eigenvalue weighted by atomic mass is 10.1. The number of benzene rings is 1. The van der Waals surface area contributed by atoms with Gasteiger partial charge in [0, 0.05) is 0 Å². The Kier molecular flexibility index (Phi) is 5.25. The van der Waals surface area contributed by atoms with Crippen molar-refractivity contribution < 1.29 is 24.5 Å². The maximum absolute atomic E-state index is 12.4. The summed E-state index contributed by atoms with van der Waals surface area (Å²) < 4.78 is 12.5. The fourth-order valence-electron chi connectivity index (χ4n) is 3.12. The zero-order chi connectivity index (χ0) is 20.4. The van der Waals surface area contributed by atoms with Gasteiger partial charge >= 0.3 is 0 Å². The van der Waals surface area contributed by atoms with Gasteiger partial charge in [0.1, 0.15) is 36.4 Å². The van der Waals surface area contributed by atoms with E-state index in [9.17, 15) is 15.0 Å². The Morgan fingerprint density at radius 3 is 2.79 bits per heavy atom. The van der Waals surface area contributed by atoms with E-state index in [1.807, 2.05) is 18.2 Å². The minimum atomic E-state index is -1.42. The van der Waals surface area contributed by atoms with Gasteiger partial charge in [-0.3, -0.25) is 9.36 Å². The van der Waals surface area contributed by atoms with Gasteiger partial charge in [0.05, 0.1) is 12.9 Å². The predicted molar refractivity (Wildman–Crippen MR) is 101 cm³/mol. The quantitative estimate of drug-likeness (QED) is 0.390. The van der Waals surface area contributed by atoms with Crippen LogP contribution in [0, 0.1) is 0 Å². The number of hydrogen-bond acceptors (Lipinski definition) is 9. The molecular formula is C18H20N6O5. The van der Waals surface area contributed by atoms with Crippen molar-refractivity contribution in [2.75, 3.05) is 18.9 Å². The van der Waals surface area contributed by atoms with Gasteiger partial charge in [0.25, 0.3) is 5.91 Å². The van der Waals surface area contributed by atoms with Gasteiger partial charge in [-0.15, -0.1) is 0 Å². The first kappa shape index (κ1) is 19.1. The van der Waals surface area contributed by atoms with Gasteiger partial charge in [0.15, 0.2) is 23.8 Å². The summed E-state index contributed by atoms with van der Waals surface area (Å²) in [4.78, 5) is 24.5. The predicted octanol–water partition coefficient (Wildman–Crippen LogP) is -0.777. The number of nitrogens with zero attached hydrogens (tertiary/aromatic N) is 4. The van der Waals surface area contributed by atoms with Crippen LogP contribution in [0.2, 0.25) is 0 Å². The van der Waals surface area contributed by atoms with E-state index in [4.69, 9.17) is 15.2 Å². The molecule has 29 heavy (non-hydrogen) atoms. The van der Waals surface area contributed by atoms with Crippen molar-refractivity contribution in [1.29, 1.82) is 0 Å². The van der Waals surface area contributed by atoms with E-state index in [0.29, 0.717) is 16.9 Å². The number of ether oxygens (including phenoxy) is 2. The molecule has 3 aromatic rings. The second-order valence-corrected chi connectivity index (χ2v) is 6.46. The van der Waals surface area contributed by atoms with E-state index in [1.54, 1.807) is 12.1 Å². The standard InChI is InChI=1S/C18H20N6O5/c19-15-11-16(22-8-21-15)24(9-23-11)18-13(26)12(25)14(29-18)17(27)20-6-7-28-10-4-2-1-3-5-10/h1-5,8-9,12-14,18,25-26H,6-7H2,(H,20,27)(H2,19,21,22)/t12-,13+,14-,18+/m0/s1. The Balaban J connectivity index is 1.39. The molecule has 4 atom stereocenters. The number of aliphatic hydroxyl groups is 2. The number of imidazole rings is 1. The molecule has 1 aliphatic rings. The normalized spacial score (nSPS) is 23.9. The number of nitrogens with one attached hydrogen (secondary N) is 1. The van der Waals surface area contributed by atoms with Gasteiger partial charge < -0.3 is 30.7 Å². The number of carbonyl (C=O) groups is 1. The molecule has 1 saturated heterocycles. The number of aromatic nitrogens is 4. The lowest BCUT2D eigenvalue weighted by Crippen LogP contribution is -2.43. The highest BCUT2D eigenvalue weighted by Crippen LogP contribution is 2.32. The molecule has 5 N–H and O–H groups in total. The first-order valence-corrected chi connectivity index (χ1v) is 8.96. The number of aliphatic hydroxyl groups excluding tert-OH is 2. The van der Waals surface area contributed by atoms with Crippen molar-refractivity contribution in [2.24, 2.45) is 0 Å². The zero-order valence-electron chi connectivity index (χ0n) is 15.3. The number of rotatable bonds is 6. The average molecular weight is 400 g/mol. The van der Waals surface area contributed by atoms with Crippen LogP contribution in [0.25, 0.3) is 11.2 Å². The van der Waals surface area contributed by atoms with E-state index in [1.165, 1.54) is 17.2 Å². The molecule has 1 amide bonds. The maximum Gasteiger partial charge on any atom is 0.252 e. The number of hydrogen-bond donors (Lipinski definition) is 4. The van der Waals surface area contributed by atoms with Crippen LogP contribution in [0.4, 0.5) is 5.82 Å². The minimum absolute atomic E-state index is 0.175. The molecule has 0 bridgehead atoms. The van der Waals surface area contributed by atoms with Crippen LogP contribution in [-0.4, -0.2) is 67.1 Å². The highest BCUT2D eigenvalue weighted by atomic mass is 16.6. The van der Waals surface area contributed by atoms with Crippen molar-refractivity contribution in [2.45, 2.75) is 24.5 Å². The summed E-state index contributed by atoms with van der Waals surface area (Å²) in [6.07, 6.45) is -2.48. The molecule has 2 aromatic heterocycles. The Bertz CT molecular complexity index is 997. The third kappa shape index (κ3) is 3.70. The molecule has 0 spiro atoms. The first-order chi connectivity index (χ1) is 14.1. The summed E-state index contributed by atoms with van der Waals surface area (Å²) in [6, 6.07) is 9.17. The third-order valence-electron chi connectivity index (χ3n) is 4.57. The second kappa shape index (κ2) is 7.99. The number of nitrogens with two attached hydrogens (primary N) is 1. The number of nitrogen functional groups attached to an aromatic ring is 1. The molecule has 1 aliphatic heterocycles. The third-order valence-corrected chi connectivity index (χ3v) is 4.57. The maximum atomic E-state index is 12.4. The summed E-state index contributed by atoms with van der Waals surface area (Å²) in [6.45, 7) is 0.450. The van der Waals surface area contributed by atoms with E-state index >= 15 is 0 Å². The zero-order valence-corrected chi connectivity index (χ0v) is 15.3. The minimum Gasteiger partial charge on any atom is -0.492 e. The molecule has 0 saturated carbocycles. The van der Waals surface area contributed by atoms with Crippen LogP contribution < -0.4 is 15.8 Å². The summed E-state index contributed by atoms with van der Waals surface area (Å²) in [5.41, 5.74) is 6.42. The Morgan fingerprint density at radius 1 is 1.21 bits per heavy atom. The number of carbonyl (C=O) groups excluding carboxylic acids is 1. The summed E-state index contributed by atoms with van der Waals surface area (Å²) in [5, 5.41) is 23.3. The molecule has 11 nitrogen and oxygen atoms in total. The average Bonchev–Trinajstić information content (AvgIpc) is 3.28. The van der Waals surface area contributed by atoms with Crippen LogP contribution in [0.3, 0.4) is 0 Å². The van der Waals surface area contributed by atoms with Crippen molar-refractivity contribution in [3.05, 3.63) is 43.0 Å². The van der Waals surface area contributed by atoms with Crippen LogP contribution >= 0.6 is 0 Å². The lowest BCUT2D eigenvalue weighted by molar-refractivity contribution is -0.137. The van der Waals surface area contributed by atoms with Crippen LogP contribution in [-0.2, 0) is 9.53 Å². The first-order valence-electron chi connectivity index (χ1n) is 8.96. The highest BCUT2D eigenvalue weighted by molar-refractivity contribution is 5.82. The summed E-state index contributed by atoms with van der Waals surface area (Å²) in [5.74, 6) is 0.298. The molecule has 0 radical (unpaired) electrons. The van der Waals surface area contributed by atoms with Gasteiger partial charge in [-0.05, 0) is 12.1 Å². The lowest BCUT2D eigenvalue weighted by Gasteiger charge is -2.16. The fraction of sp³-hybridized carbons (Fsp3) is 0.333. The Labute approximate surface area is 165 Å². The van der Waals surface area contributed by atoms with Gasteiger partial charge in [0.2, 0.25) is 0 Å². The van der Waals surface area contributed by atoms with Gasteiger partial charge in [-0.2, -0.15) is 0 Å². The van der Waals surface area contributed by atoms with E-state index in [0.717, 1.165) is 0 Å². The monoisotopic (exact) mass is 400 g/mol. The molecule has 1 aromatic carbocycles. The molecular weight excluding hydrogens is 380 g/mol. The van der Waals surface area contributed by atoms with Crippen molar-refractivity contribution >= 4 is 22.9 Å².